The van der Waals surface area contributed by atoms with E-state index in [0.717, 1.165) is 22.5 Å². The van der Waals surface area contributed by atoms with Crippen molar-refractivity contribution in [1.29, 1.82) is 0 Å². The SMILES string of the molecule is COc1ccc(NC(=O)N(C)C(C)c2cc3ccccc3o2)cc1. The van der Waals surface area contributed by atoms with E-state index in [9.17, 15) is 4.79 Å². The van der Waals surface area contributed by atoms with Crippen molar-refractivity contribution in [2.24, 2.45) is 0 Å². The first kappa shape index (κ1) is 15.9. The molecule has 1 N–H and O–H groups in total. The Morgan fingerprint density at radius 3 is 2.54 bits per heavy atom. The van der Waals surface area contributed by atoms with Crippen molar-refractivity contribution in [2.45, 2.75) is 13.0 Å². The van der Waals surface area contributed by atoms with Crippen LogP contribution in [0.4, 0.5) is 10.5 Å². The molecule has 3 rings (SSSR count). The first-order chi connectivity index (χ1) is 11.6. The van der Waals surface area contributed by atoms with E-state index in [1.807, 2.05) is 37.3 Å². The van der Waals surface area contributed by atoms with Crippen LogP contribution in [0.2, 0.25) is 0 Å². The maximum Gasteiger partial charge on any atom is 0.322 e. The minimum Gasteiger partial charge on any atom is -0.497 e. The Labute approximate surface area is 140 Å². The fourth-order valence-corrected chi connectivity index (χ4v) is 2.46. The van der Waals surface area contributed by atoms with Gasteiger partial charge in [-0.15, -0.1) is 0 Å². The zero-order valence-electron chi connectivity index (χ0n) is 13.9. The molecule has 0 saturated heterocycles. The molecule has 0 aliphatic rings. The van der Waals surface area contributed by atoms with E-state index in [1.165, 1.54) is 0 Å². The second kappa shape index (κ2) is 6.66. The van der Waals surface area contributed by atoms with Gasteiger partial charge in [0.1, 0.15) is 17.1 Å². The molecule has 1 unspecified atom stereocenters. The third kappa shape index (κ3) is 3.20. The predicted molar refractivity (Wildman–Crippen MR) is 94.4 cm³/mol. The molecule has 1 atom stereocenters. The van der Waals surface area contributed by atoms with Crippen LogP contribution in [-0.2, 0) is 0 Å². The lowest BCUT2D eigenvalue weighted by molar-refractivity contribution is 0.201. The minimum absolute atomic E-state index is 0.185. The number of hydrogen-bond acceptors (Lipinski definition) is 3. The number of anilines is 1. The van der Waals surface area contributed by atoms with Crippen LogP contribution < -0.4 is 10.1 Å². The van der Waals surface area contributed by atoms with Crippen molar-refractivity contribution in [3.8, 4) is 5.75 Å². The highest BCUT2D eigenvalue weighted by Crippen LogP contribution is 2.27. The molecule has 0 aliphatic heterocycles. The van der Waals surface area contributed by atoms with Gasteiger partial charge in [0.05, 0.1) is 13.2 Å². The van der Waals surface area contributed by atoms with Crippen LogP contribution in [-0.4, -0.2) is 25.1 Å². The highest BCUT2D eigenvalue weighted by atomic mass is 16.5. The maximum atomic E-state index is 12.4. The third-order valence-electron chi connectivity index (χ3n) is 4.10. The second-order valence-corrected chi connectivity index (χ2v) is 5.63. The van der Waals surface area contributed by atoms with Crippen LogP contribution in [0.5, 0.6) is 5.75 Å². The van der Waals surface area contributed by atoms with Crippen LogP contribution in [0.15, 0.2) is 59.0 Å². The van der Waals surface area contributed by atoms with Gasteiger partial charge in [0.2, 0.25) is 0 Å². The number of hydrogen-bond donors (Lipinski definition) is 1. The molecule has 124 valence electrons. The lowest BCUT2D eigenvalue weighted by Gasteiger charge is -2.23. The number of urea groups is 1. The Morgan fingerprint density at radius 2 is 1.88 bits per heavy atom. The van der Waals surface area contributed by atoms with Crippen LogP contribution in [0.25, 0.3) is 11.0 Å². The number of nitrogens with zero attached hydrogens (tertiary/aromatic N) is 1. The zero-order valence-corrected chi connectivity index (χ0v) is 13.9. The van der Waals surface area contributed by atoms with E-state index in [4.69, 9.17) is 9.15 Å². The summed E-state index contributed by atoms with van der Waals surface area (Å²) < 4.78 is 11.0. The minimum atomic E-state index is -0.201. The molecule has 1 heterocycles. The van der Waals surface area contributed by atoms with E-state index in [2.05, 4.69) is 5.32 Å². The van der Waals surface area contributed by atoms with Crippen LogP contribution >= 0.6 is 0 Å². The van der Waals surface area contributed by atoms with Crippen molar-refractivity contribution in [3.63, 3.8) is 0 Å². The average Bonchev–Trinajstić information content (AvgIpc) is 3.05. The molecule has 1 aromatic heterocycles. The maximum absolute atomic E-state index is 12.4. The Kier molecular flexibility index (Phi) is 4.42. The normalized spacial score (nSPS) is 12.0. The number of nitrogens with one attached hydrogen (secondary N) is 1. The Bertz CT molecular complexity index is 806. The van der Waals surface area contributed by atoms with Crippen LogP contribution in [0, 0.1) is 0 Å². The lowest BCUT2D eigenvalue weighted by Crippen LogP contribution is -2.33. The Hall–Kier alpha value is -2.95. The summed E-state index contributed by atoms with van der Waals surface area (Å²) in [6.45, 7) is 1.94. The molecule has 3 aromatic rings. The first-order valence-electron chi connectivity index (χ1n) is 7.75. The number of para-hydroxylation sites is 1. The van der Waals surface area contributed by atoms with Gasteiger partial charge in [-0.05, 0) is 43.3 Å². The molecular weight excluding hydrogens is 304 g/mol. The second-order valence-electron chi connectivity index (χ2n) is 5.63. The molecule has 0 saturated carbocycles. The number of furan rings is 1. The summed E-state index contributed by atoms with van der Waals surface area (Å²) >= 11 is 0. The molecule has 0 radical (unpaired) electrons. The number of benzene rings is 2. The standard InChI is InChI=1S/C19H20N2O3/c1-13(18-12-14-6-4-5-7-17(14)24-18)21(2)19(22)20-15-8-10-16(23-3)11-9-15/h4-13H,1-3H3,(H,20,22). The largest absolute Gasteiger partial charge is 0.497 e. The predicted octanol–water partition coefficient (Wildman–Crippen LogP) is 4.67. The van der Waals surface area contributed by atoms with Gasteiger partial charge >= 0.3 is 6.03 Å². The number of carbonyl (C=O) groups excluding carboxylic acids is 1. The van der Waals surface area contributed by atoms with Crippen LogP contribution in [0.3, 0.4) is 0 Å². The molecule has 5 heteroatoms. The Balaban J connectivity index is 1.71. The number of fused-ring (bicyclic) bond motifs is 1. The summed E-state index contributed by atoms with van der Waals surface area (Å²) in [7, 11) is 3.35. The van der Waals surface area contributed by atoms with Crippen molar-refractivity contribution in [3.05, 3.63) is 60.4 Å². The number of amides is 2. The topological polar surface area (TPSA) is 54.7 Å². The molecule has 5 nitrogen and oxygen atoms in total. The van der Waals surface area contributed by atoms with Gasteiger partial charge in [0.15, 0.2) is 0 Å². The summed E-state index contributed by atoms with van der Waals surface area (Å²) in [6, 6.07) is 16.6. The summed E-state index contributed by atoms with van der Waals surface area (Å²) in [5.41, 5.74) is 1.53. The molecule has 0 aliphatic carbocycles. The molecule has 0 fully saturated rings. The van der Waals surface area contributed by atoms with Gasteiger partial charge in [-0.25, -0.2) is 4.79 Å². The number of carbonyl (C=O) groups is 1. The van der Waals surface area contributed by atoms with Gasteiger partial charge in [-0.2, -0.15) is 0 Å². The van der Waals surface area contributed by atoms with E-state index in [-0.39, 0.29) is 12.1 Å². The fraction of sp³-hybridized carbons (Fsp3) is 0.211. The smallest absolute Gasteiger partial charge is 0.322 e. The summed E-state index contributed by atoms with van der Waals surface area (Å²) in [4.78, 5) is 14.1. The van der Waals surface area contributed by atoms with E-state index in [0.29, 0.717) is 5.69 Å². The molecule has 2 aromatic carbocycles. The van der Waals surface area contributed by atoms with Crippen LogP contribution in [0.1, 0.15) is 18.7 Å². The van der Waals surface area contributed by atoms with Crippen molar-refractivity contribution < 1.29 is 13.9 Å². The van der Waals surface area contributed by atoms with Gasteiger partial charge in [0, 0.05) is 18.1 Å². The van der Waals surface area contributed by atoms with E-state index in [1.54, 1.807) is 43.3 Å². The molecule has 24 heavy (non-hydrogen) atoms. The van der Waals surface area contributed by atoms with Gasteiger partial charge in [-0.1, -0.05) is 18.2 Å². The first-order valence-corrected chi connectivity index (χ1v) is 7.75. The fourth-order valence-electron chi connectivity index (χ4n) is 2.46. The zero-order chi connectivity index (χ0) is 17.1. The number of methoxy groups -OCH3 is 1. The highest BCUT2D eigenvalue weighted by molar-refractivity contribution is 5.89. The van der Waals surface area contributed by atoms with Crippen molar-refractivity contribution in [2.75, 3.05) is 19.5 Å². The average molecular weight is 324 g/mol. The molecular formula is C19H20N2O3. The summed E-state index contributed by atoms with van der Waals surface area (Å²) in [5.74, 6) is 1.50. The van der Waals surface area contributed by atoms with E-state index < -0.39 is 0 Å². The Morgan fingerprint density at radius 1 is 1.17 bits per heavy atom. The van der Waals surface area contributed by atoms with Gasteiger partial charge < -0.3 is 19.4 Å². The van der Waals surface area contributed by atoms with E-state index >= 15 is 0 Å². The summed E-state index contributed by atoms with van der Waals surface area (Å²) in [5, 5.41) is 3.90. The quantitative estimate of drug-likeness (QED) is 0.759. The molecule has 0 bridgehead atoms. The molecule has 0 spiro atoms. The monoisotopic (exact) mass is 324 g/mol. The molecule has 2 amide bonds. The van der Waals surface area contributed by atoms with Crippen molar-refractivity contribution >= 4 is 22.7 Å². The van der Waals surface area contributed by atoms with Crippen molar-refractivity contribution in [1.82, 2.24) is 4.90 Å². The highest BCUT2D eigenvalue weighted by Gasteiger charge is 2.20. The number of ether oxygens (including phenoxy) is 1. The van der Waals surface area contributed by atoms with Gasteiger partial charge in [-0.3, -0.25) is 0 Å². The number of rotatable bonds is 4. The third-order valence-corrected chi connectivity index (χ3v) is 4.10. The lowest BCUT2D eigenvalue weighted by atomic mass is 10.2. The summed E-state index contributed by atoms with van der Waals surface area (Å²) in [6.07, 6.45) is 0. The van der Waals surface area contributed by atoms with Gasteiger partial charge in [0.25, 0.3) is 0 Å².